The van der Waals surface area contributed by atoms with Crippen molar-refractivity contribution in [3.63, 3.8) is 0 Å². The summed E-state index contributed by atoms with van der Waals surface area (Å²) in [7, 11) is 6.78. The minimum atomic E-state index is -0.578. The molecular formula is C26H34BrN5O4. The van der Waals surface area contributed by atoms with E-state index in [0.29, 0.717) is 29.0 Å². The summed E-state index contributed by atoms with van der Waals surface area (Å²) in [5.41, 5.74) is 3.62. The smallest absolute Gasteiger partial charge is 0.410 e. The zero-order valence-electron chi connectivity index (χ0n) is 21.7. The average molecular weight is 560 g/mol. The van der Waals surface area contributed by atoms with Gasteiger partial charge in [-0.3, -0.25) is 15.0 Å². The van der Waals surface area contributed by atoms with Crippen molar-refractivity contribution in [1.29, 1.82) is 5.41 Å². The Hall–Kier alpha value is -3.40. The van der Waals surface area contributed by atoms with Crippen LogP contribution >= 0.6 is 17.0 Å². The number of ketones is 1. The first-order valence-electron chi connectivity index (χ1n) is 11.3. The van der Waals surface area contributed by atoms with Crippen molar-refractivity contribution >= 4 is 46.3 Å². The number of amidine groups is 1. The van der Waals surface area contributed by atoms with E-state index < -0.39 is 6.09 Å². The summed E-state index contributed by atoms with van der Waals surface area (Å²) < 4.78 is 5.38. The number of carbonyl (C=O) groups excluding carboxylic acids is 3. The Balaban J connectivity index is 0.00000456. The summed E-state index contributed by atoms with van der Waals surface area (Å²) in [6.07, 6.45) is -0.578. The Morgan fingerprint density at radius 2 is 1.75 bits per heavy atom. The lowest BCUT2D eigenvalue weighted by atomic mass is 9.85. The van der Waals surface area contributed by atoms with Gasteiger partial charge in [-0.15, -0.1) is 17.0 Å². The highest BCUT2D eigenvalue weighted by molar-refractivity contribution is 8.93. The lowest BCUT2D eigenvalue weighted by Gasteiger charge is -2.23. The molecule has 2 aromatic carbocycles. The van der Waals surface area contributed by atoms with Gasteiger partial charge in [0.1, 0.15) is 11.6 Å². The lowest BCUT2D eigenvalue weighted by molar-refractivity contribution is 0.0955. The van der Waals surface area contributed by atoms with Crippen LogP contribution in [0.4, 0.5) is 10.5 Å². The second kappa shape index (κ2) is 11.1. The quantitative estimate of drug-likeness (QED) is 0.464. The van der Waals surface area contributed by atoms with E-state index in [1.54, 1.807) is 36.2 Å². The molecular weight excluding hydrogens is 526 g/mol. The zero-order chi connectivity index (χ0) is 26.1. The van der Waals surface area contributed by atoms with E-state index in [2.05, 4.69) is 10.6 Å². The van der Waals surface area contributed by atoms with Gasteiger partial charge in [-0.1, -0.05) is 20.8 Å². The van der Waals surface area contributed by atoms with Crippen LogP contribution in [0.2, 0.25) is 0 Å². The molecule has 0 radical (unpaired) electrons. The number of benzene rings is 2. The molecule has 0 aliphatic carbocycles. The number of anilines is 1. The number of rotatable bonds is 6. The molecule has 0 unspecified atom stereocenters. The highest BCUT2D eigenvalue weighted by Crippen LogP contribution is 2.34. The fourth-order valence-electron chi connectivity index (χ4n) is 4.05. The van der Waals surface area contributed by atoms with Crippen molar-refractivity contribution in [2.24, 2.45) is 0 Å². The van der Waals surface area contributed by atoms with Crippen LogP contribution < -0.4 is 20.3 Å². The van der Waals surface area contributed by atoms with Crippen molar-refractivity contribution < 1.29 is 19.1 Å². The third-order valence-corrected chi connectivity index (χ3v) is 5.96. The summed E-state index contributed by atoms with van der Waals surface area (Å²) in [4.78, 5) is 40.9. The van der Waals surface area contributed by atoms with Gasteiger partial charge in [0.2, 0.25) is 0 Å². The maximum absolute atomic E-state index is 13.2. The van der Waals surface area contributed by atoms with Gasteiger partial charge >= 0.3 is 6.09 Å². The molecule has 0 aromatic heterocycles. The van der Waals surface area contributed by atoms with E-state index in [9.17, 15) is 14.4 Å². The molecule has 0 saturated carbocycles. The summed E-state index contributed by atoms with van der Waals surface area (Å²) in [5, 5.41) is 13.7. The van der Waals surface area contributed by atoms with Gasteiger partial charge in [-0.2, -0.15) is 0 Å². The van der Waals surface area contributed by atoms with Crippen molar-refractivity contribution in [3.8, 4) is 5.75 Å². The van der Waals surface area contributed by atoms with Gasteiger partial charge < -0.3 is 25.2 Å². The third-order valence-electron chi connectivity index (χ3n) is 5.96. The standard InChI is InChI=1S/C26H33N5O4.BrH/c1-26(2,3)19-10-15(8-9-22(19)35-25(34)29-5)21(32)14-31-13-16-11-20(30(6)7)18(24(33)28-4)12-17(16)23(31)27;/h8-12,27H,13-14H2,1-7H3,(H,28,33)(H,29,34);1H. The molecule has 0 saturated heterocycles. The number of ether oxygens (including phenoxy) is 1. The molecule has 2 amide bonds. The molecule has 3 N–H and O–H groups in total. The first-order valence-corrected chi connectivity index (χ1v) is 11.3. The zero-order valence-corrected chi connectivity index (χ0v) is 23.4. The largest absolute Gasteiger partial charge is 0.412 e. The first kappa shape index (κ1) is 28.8. The first-order chi connectivity index (χ1) is 16.4. The topological polar surface area (TPSA) is 115 Å². The van der Waals surface area contributed by atoms with Crippen molar-refractivity contribution in [2.75, 3.05) is 39.6 Å². The van der Waals surface area contributed by atoms with Crippen LogP contribution in [0, 0.1) is 5.41 Å². The molecule has 0 atom stereocenters. The molecule has 10 heteroatoms. The highest BCUT2D eigenvalue weighted by atomic mass is 79.9. The maximum Gasteiger partial charge on any atom is 0.412 e. The predicted octanol–water partition coefficient (Wildman–Crippen LogP) is 3.73. The second-order valence-corrected chi connectivity index (χ2v) is 9.73. The average Bonchev–Trinajstić information content (AvgIpc) is 3.11. The van der Waals surface area contributed by atoms with E-state index in [0.717, 1.165) is 16.8 Å². The Labute approximate surface area is 222 Å². The lowest BCUT2D eigenvalue weighted by Crippen LogP contribution is -2.30. The molecule has 1 aliphatic rings. The van der Waals surface area contributed by atoms with Gasteiger partial charge in [-0.05, 0) is 41.3 Å². The van der Waals surface area contributed by atoms with Crippen molar-refractivity contribution in [1.82, 2.24) is 15.5 Å². The number of Topliss-reactive ketones (excluding diaryl/α,β-unsaturated/α-hetero) is 1. The normalized spacial score (nSPS) is 12.4. The van der Waals surface area contributed by atoms with Crippen LogP contribution in [0.25, 0.3) is 0 Å². The molecule has 194 valence electrons. The van der Waals surface area contributed by atoms with Crippen molar-refractivity contribution in [3.05, 3.63) is 58.1 Å². The summed E-state index contributed by atoms with van der Waals surface area (Å²) in [6.45, 7) is 6.35. The fraction of sp³-hybridized carbons (Fsp3) is 0.385. The minimum absolute atomic E-state index is 0. The van der Waals surface area contributed by atoms with Gasteiger partial charge in [0.15, 0.2) is 5.78 Å². The molecule has 36 heavy (non-hydrogen) atoms. The molecule has 0 bridgehead atoms. The van der Waals surface area contributed by atoms with E-state index >= 15 is 0 Å². The number of carbonyl (C=O) groups is 3. The van der Waals surface area contributed by atoms with Crippen LogP contribution in [0.1, 0.15) is 58.2 Å². The number of halogens is 1. The summed E-state index contributed by atoms with van der Waals surface area (Å²) in [5.74, 6) is 0.221. The SMILES string of the molecule is Br.CNC(=O)Oc1ccc(C(=O)CN2Cc3cc(N(C)C)c(C(=O)NC)cc3C2=N)cc1C(C)(C)C. The van der Waals surface area contributed by atoms with Gasteiger partial charge in [0.25, 0.3) is 5.91 Å². The van der Waals surface area contributed by atoms with Crippen LogP contribution in [0.5, 0.6) is 5.75 Å². The molecule has 1 heterocycles. The molecule has 3 rings (SSSR count). The van der Waals surface area contributed by atoms with Crippen molar-refractivity contribution in [2.45, 2.75) is 32.7 Å². The van der Waals surface area contributed by atoms with E-state index in [-0.39, 0.29) is 46.5 Å². The maximum atomic E-state index is 13.2. The molecule has 0 fully saturated rings. The van der Waals surface area contributed by atoms with Crippen LogP contribution in [-0.4, -0.2) is 63.3 Å². The van der Waals surface area contributed by atoms with Crippen LogP contribution in [0.15, 0.2) is 30.3 Å². The molecule has 1 aliphatic heterocycles. The Morgan fingerprint density at radius 3 is 2.31 bits per heavy atom. The van der Waals surface area contributed by atoms with E-state index in [1.165, 1.54) is 7.05 Å². The Kier molecular flexibility index (Phi) is 8.90. The number of hydrogen-bond donors (Lipinski definition) is 3. The number of nitrogens with zero attached hydrogens (tertiary/aromatic N) is 2. The van der Waals surface area contributed by atoms with Crippen LogP contribution in [-0.2, 0) is 12.0 Å². The van der Waals surface area contributed by atoms with E-state index in [4.69, 9.17) is 10.1 Å². The minimum Gasteiger partial charge on any atom is -0.410 e. The van der Waals surface area contributed by atoms with E-state index in [1.807, 2.05) is 45.8 Å². The summed E-state index contributed by atoms with van der Waals surface area (Å²) >= 11 is 0. The molecule has 2 aromatic rings. The monoisotopic (exact) mass is 559 g/mol. The number of amides is 2. The van der Waals surface area contributed by atoms with Gasteiger partial charge in [-0.25, -0.2) is 4.79 Å². The number of fused-ring (bicyclic) bond motifs is 1. The molecule has 0 spiro atoms. The highest BCUT2D eigenvalue weighted by Gasteiger charge is 2.30. The van der Waals surface area contributed by atoms with Gasteiger partial charge in [0.05, 0.1) is 12.1 Å². The fourth-order valence-corrected chi connectivity index (χ4v) is 4.05. The number of hydrogen-bond acceptors (Lipinski definition) is 6. The molecule has 9 nitrogen and oxygen atoms in total. The third kappa shape index (κ3) is 5.87. The predicted molar refractivity (Wildman–Crippen MR) is 146 cm³/mol. The summed E-state index contributed by atoms with van der Waals surface area (Å²) in [6, 6.07) is 8.64. The van der Waals surface area contributed by atoms with Crippen LogP contribution in [0.3, 0.4) is 0 Å². The van der Waals surface area contributed by atoms with Gasteiger partial charge in [0, 0.05) is 57.1 Å². The Morgan fingerprint density at radius 1 is 1.08 bits per heavy atom. The second-order valence-electron chi connectivity index (χ2n) is 9.73. The Bertz CT molecular complexity index is 1200. The number of nitrogens with one attached hydrogen (secondary N) is 3.